The predicted molar refractivity (Wildman–Crippen MR) is 176 cm³/mol. The summed E-state index contributed by atoms with van der Waals surface area (Å²) in [5, 5.41) is 11.4. The second-order valence-corrected chi connectivity index (χ2v) is 17.9. The number of ether oxygens (including phenoxy) is 3. The molecule has 12 atom stereocenters. The fourth-order valence-corrected chi connectivity index (χ4v) is 11.7. The number of aliphatic hydroxyl groups is 1. The summed E-state index contributed by atoms with van der Waals surface area (Å²) in [5.74, 6) is 2.80. The molecule has 1 aliphatic heterocycles. The molecule has 0 spiro atoms. The molecule has 3 N–H and O–H groups in total. The molecule has 4 aliphatic carbocycles. The molecule has 0 aromatic carbocycles. The molecule has 0 unspecified atom stereocenters. The molecule has 0 amide bonds. The van der Waals surface area contributed by atoms with Gasteiger partial charge in [-0.05, 0) is 91.3 Å². The lowest BCUT2D eigenvalue weighted by molar-refractivity contribution is -0.269. The van der Waals surface area contributed by atoms with E-state index in [1.54, 1.807) is 5.57 Å². The summed E-state index contributed by atoms with van der Waals surface area (Å²) in [5.41, 5.74) is 7.79. The minimum Gasteiger partial charge on any atom is -0.513 e. The summed E-state index contributed by atoms with van der Waals surface area (Å²) in [4.78, 5) is 0. The molecule has 1 saturated heterocycles. The van der Waals surface area contributed by atoms with Gasteiger partial charge in [-0.2, -0.15) is 0 Å². The van der Waals surface area contributed by atoms with Gasteiger partial charge in [-0.15, -0.1) is 0 Å². The number of rotatable bonds is 8. The molecule has 5 aliphatic rings. The van der Waals surface area contributed by atoms with Gasteiger partial charge in [-0.25, -0.2) is 0 Å². The number of allylic oxidation sites excluding steroid dienone is 2. The van der Waals surface area contributed by atoms with Gasteiger partial charge in [-0.3, -0.25) is 0 Å². The maximum absolute atomic E-state index is 11.4. The van der Waals surface area contributed by atoms with Crippen molar-refractivity contribution in [2.24, 2.45) is 68.3 Å². The van der Waals surface area contributed by atoms with Crippen LogP contribution < -0.4 is 5.73 Å². The zero-order valence-electron chi connectivity index (χ0n) is 29.5. The monoisotopic (exact) mass is 599 g/mol. The topological polar surface area (TPSA) is 73.9 Å². The highest BCUT2D eigenvalue weighted by Crippen LogP contribution is 2.75. The largest absolute Gasteiger partial charge is 0.513 e. The standard InChI is InChI=1S/C38H65NO4/c1-23(2)25(5)33(7)17-18-35(9)27-13-14-30-34(8)20-42-22-38(30,28(27)15-16-36(35,10)31(33)26(6)40)19-29(41-12)32(34)43-21-37(11,39)24(3)4/h15,23-25,27,29-32,40H,6,13-14,16-22,39H2,1-5,7-12H3/t25-,27+,29-,30+,31-,32+,33-,34+,35-,36+,37+,38+/m1/s1. The van der Waals surface area contributed by atoms with E-state index in [1.807, 2.05) is 7.11 Å². The van der Waals surface area contributed by atoms with Crippen LogP contribution in [0.3, 0.4) is 0 Å². The summed E-state index contributed by atoms with van der Waals surface area (Å²) in [6.07, 6.45) is 9.17. The molecule has 1 heterocycles. The average Bonchev–Trinajstić information content (AvgIpc) is 2.91. The Bertz CT molecular complexity index is 1110. The summed E-state index contributed by atoms with van der Waals surface area (Å²) >= 11 is 0. The SMILES string of the molecule is C=C(O)[C@@H]1[C@@](C)([C@H](C)C(C)C)CC[C@]2(C)[C@H]3CC[C@@H]4[C@@]5(COC[C@]4(C)[C@@H](OC[C@](C)(N)C(C)C)[C@H](OC)C5)C3=CC[C@@]12C. The van der Waals surface area contributed by atoms with E-state index in [1.165, 1.54) is 19.3 Å². The third kappa shape index (κ3) is 4.59. The fourth-order valence-electron chi connectivity index (χ4n) is 11.7. The van der Waals surface area contributed by atoms with Crippen molar-refractivity contribution in [1.29, 1.82) is 0 Å². The average molecular weight is 600 g/mol. The number of nitrogens with two attached hydrogens (primary N) is 1. The zero-order chi connectivity index (χ0) is 32.0. The number of hydrogen-bond donors (Lipinski definition) is 2. The van der Waals surface area contributed by atoms with Gasteiger partial charge >= 0.3 is 0 Å². The Balaban J connectivity index is 1.55. The molecule has 246 valence electrons. The van der Waals surface area contributed by atoms with Gasteiger partial charge in [0.1, 0.15) is 0 Å². The number of hydrogen-bond acceptors (Lipinski definition) is 5. The lowest BCUT2D eigenvalue weighted by Gasteiger charge is -2.71. The van der Waals surface area contributed by atoms with E-state index < -0.39 is 5.54 Å². The molecule has 5 rings (SSSR count). The number of aliphatic hydroxyl groups excluding tert-OH is 1. The van der Waals surface area contributed by atoms with Crippen LogP contribution in [0, 0.1) is 62.6 Å². The molecule has 0 radical (unpaired) electrons. The van der Waals surface area contributed by atoms with E-state index in [2.05, 4.69) is 81.9 Å². The molecule has 0 aromatic rings. The van der Waals surface area contributed by atoms with Crippen LogP contribution >= 0.6 is 0 Å². The van der Waals surface area contributed by atoms with E-state index >= 15 is 0 Å². The second kappa shape index (κ2) is 10.8. The first-order chi connectivity index (χ1) is 19.9. The van der Waals surface area contributed by atoms with Gasteiger partial charge in [0.15, 0.2) is 0 Å². The summed E-state index contributed by atoms with van der Waals surface area (Å²) < 4.78 is 19.8. The highest BCUT2D eigenvalue weighted by atomic mass is 16.5. The Morgan fingerprint density at radius 1 is 1.09 bits per heavy atom. The molecule has 3 saturated carbocycles. The highest BCUT2D eigenvalue weighted by molar-refractivity contribution is 5.36. The van der Waals surface area contributed by atoms with Crippen molar-refractivity contribution >= 4 is 0 Å². The highest BCUT2D eigenvalue weighted by Gasteiger charge is 2.71. The molecule has 0 aromatic heterocycles. The summed E-state index contributed by atoms with van der Waals surface area (Å²) in [6, 6.07) is 0. The second-order valence-electron chi connectivity index (χ2n) is 17.9. The van der Waals surface area contributed by atoms with Crippen molar-refractivity contribution in [2.75, 3.05) is 26.9 Å². The lowest BCUT2D eigenvalue weighted by atomic mass is 9.34. The minimum absolute atomic E-state index is 0.000357. The van der Waals surface area contributed by atoms with E-state index in [4.69, 9.17) is 19.9 Å². The molecule has 5 heteroatoms. The van der Waals surface area contributed by atoms with Crippen molar-refractivity contribution in [3.8, 4) is 0 Å². The molecule has 43 heavy (non-hydrogen) atoms. The van der Waals surface area contributed by atoms with Gasteiger partial charge in [0.25, 0.3) is 0 Å². The van der Waals surface area contributed by atoms with Crippen molar-refractivity contribution in [3.63, 3.8) is 0 Å². The number of fused-ring (bicyclic) bond motifs is 3. The molecule has 5 nitrogen and oxygen atoms in total. The molecular weight excluding hydrogens is 534 g/mol. The first-order valence-corrected chi connectivity index (χ1v) is 17.4. The Hall–Kier alpha value is -0.880. The van der Waals surface area contributed by atoms with Crippen LogP contribution in [-0.2, 0) is 14.2 Å². The van der Waals surface area contributed by atoms with Crippen LogP contribution in [0.2, 0.25) is 0 Å². The van der Waals surface area contributed by atoms with E-state index in [9.17, 15) is 5.11 Å². The summed E-state index contributed by atoms with van der Waals surface area (Å²) in [7, 11) is 1.87. The van der Waals surface area contributed by atoms with Gasteiger partial charge in [0, 0.05) is 29.4 Å². The van der Waals surface area contributed by atoms with Gasteiger partial charge < -0.3 is 25.1 Å². The lowest BCUT2D eigenvalue weighted by Crippen LogP contribution is -2.70. The first-order valence-electron chi connectivity index (χ1n) is 17.4. The minimum atomic E-state index is -0.392. The molecular formula is C38H65NO4. The van der Waals surface area contributed by atoms with E-state index in [-0.39, 0.29) is 45.2 Å². The van der Waals surface area contributed by atoms with Crippen LogP contribution in [0.5, 0.6) is 0 Å². The third-order valence-electron chi connectivity index (χ3n) is 15.4. The third-order valence-corrected chi connectivity index (χ3v) is 15.4. The van der Waals surface area contributed by atoms with Gasteiger partial charge in [-0.1, -0.05) is 80.5 Å². The molecule has 2 bridgehead atoms. The van der Waals surface area contributed by atoms with Crippen molar-refractivity contribution < 1.29 is 19.3 Å². The van der Waals surface area contributed by atoms with Crippen LogP contribution in [0.4, 0.5) is 0 Å². The van der Waals surface area contributed by atoms with Crippen molar-refractivity contribution in [1.82, 2.24) is 0 Å². The van der Waals surface area contributed by atoms with Crippen LogP contribution in [0.25, 0.3) is 0 Å². The smallest absolute Gasteiger partial charge is 0.0916 e. The predicted octanol–water partition coefficient (Wildman–Crippen LogP) is 8.34. The fraction of sp³-hybridized carbons (Fsp3) is 0.895. The maximum atomic E-state index is 11.4. The van der Waals surface area contributed by atoms with Crippen LogP contribution in [-0.4, -0.2) is 49.8 Å². The first kappa shape index (κ1) is 33.5. The van der Waals surface area contributed by atoms with E-state index in [0.29, 0.717) is 48.6 Å². The summed E-state index contributed by atoms with van der Waals surface area (Å²) in [6.45, 7) is 29.7. The molecule has 4 fully saturated rings. The quantitative estimate of drug-likeness (QED) is 0.217. The van der Waals surface area contributed by atoms with Gasteiger partial charge in [0.2, 0.25) is 0 Å². The Kier molecular flexibility index (Phi) is 8.44. The Morgan fingerprint density at radius 2 is 1.77 bits per heavy atom. The Labute approximate surface area is 263 Å². The zero-order valence-corrected chi connectivity index (χ0v) is 29.5. The maximum Gasteiger partial charge on any atom is 0.0916 e. The van der Waals surface area contributed by atoms with Crippen LogP contribution in [0.15, 0.2) is 24.0 Å². The van der Waals surface area contributed by atoms with Crippen molar-refractivity contribution in [3.05, 3.63) is 24.0 Å². The normalized spacial score (nSPS) is 48.0. The van der Waals surface area contributed by atoms with Crippen LogP contribution in [0.1, 0.15) is 108 Å². The van der Waals surface area contributed by atoms with E-state index in [0.717, 1.165) is 25.9 Å². The van der Waals surface area contributed by atoms with Crippen molar-refractivity contribution in [2.45, 2.75) is 126 Å². The number of methoxy groups -OCH3 is 1. The van der Waals surface area contributed by atoms with Gasteiger partial charge in [0.05, 0.1) is 37.8 Å². The Morgan fingerprint density at radius 3 is 2.35 bits per heavy atom.